The smallest absolute Gasteiger partial charge is 0.329 e. The highest BCUT2D eigenvalue weighted by molar-refractivity contribution is 6.34. The van der Waals surface area contributed by atoms with E-state index >= 15 is 0 Å². The lowest BCUT2D eigenvalue weighted by molar-refractivity contribution is -0.384. The predicted octanol–water partition coefficient (Wildman–Crippen LogP) is 3.21. The van der Waals surface area contributed by atoms with Crippen molar-refractivity contribution >= 4 is 34.7 Å². The van der Waals surface area contributed by atoms with E-state index in [4.69, 9.17) is 23.1 Å². The van der Waals surface area contributed by atoms with Crippen LogP contribution in [0.5, 0.6) is 0 Å². The molecule has 1 aliphatic rings. The van der Waals surface area contributed by atoms with Crippen LogP contribution in [-0.4, -0.2) is 41.6 Å². The molecule has 0 unspecified atom stereocenters. The fraction of sp³-hybridized carbons (Fsp3) is 0.500. The Balaban J connectivity index is 1.91. The number of nitrogens with zero attached hydrogens (tertiary/aromatic N) is 5. The first-order valence-corrected chi connectivity index (χ1v) is 10.4. The van der Waals surface area contributed by atoms with Crippen molar-refractivity contribution in [3.8, 4) is 0 Å². The standard InChI is InChI=1S/C20H28ClN7O2/c1-26(2)16-5-3-4-14(18(16)21)12-27(11-13-6-8-15(22)9-7-13)20-24-10-17(28(29)30)19(23)25-20/h3-5,10,13,15H,6-9,11-12,22H2,1-2H3,(H2,23,24,25). The number of halogens is 1. The molecule has 1 aromatic heterocycles. The molecule has 162 valence electrons. The van der Waals surface area contributed by atoms with Crippen LogP contribution in [0.4, 0.5) is 23.1 Å². The van der Waals surface area contributed by atoms with Crippen molar-refractivity contribution in [3.05, 3.63) is 45.1 Å². The minimum absolute atomic E-state index is 0.145. The highest BCUT2D eigenvalue weighted by atomic mass is 35.5. The maximum Gasteiger partial charge on any atom is 0.329 e. The lowest BCUT2D eigenvalue weighted by Gasteiger charge is -2.32. The van der Waals surface area contributed by atoms with Crippen LogP contribution < -0.4 is 21.3 Å². The normalized spacial score (nSPS) is 18.8. The molecular formula is C20H28ClN7O2. The summed E-state index contributed by atoms with van der Waals surface area (Å²) in [6.07, 6.45) is 5.17. The zero-order valence-corrected chi connectivity index (χ0v) is 18.0. The molecule has 0 spiro atoms. The highest BCUT2D eigenvalue weighted by Crippen LogP contribution is 2.32. The topological polar surface area (TPSA) is 127 Å². The first-order chi connectivity index (χ1) is 14.3. The Morgan fingerprint density at radius 1 is 1.27 bits per heavy atom. The van der Waals surface area contributed by atoms with Crippen LogP contribution in [-0.2, 0) is 6.54 Å². The van der Waals surface area contributed by atoms with Crippen LogP contribution in [0.15, 0.2) is 24.4 Å². The van der Waals surface area contributed by atoms with Gasteiger partial charge in [-0.2, -0.15) is 4.98 Å². The van der Waals surface area contributed by atoms with Gasteiger partial charge in [-0.15, -0.1) is 0 Å². The average molecular weight is 434 g/mol. The third kappa shape index (κ3) is 5.09. The van der Waals surface area contributed by atoms with Gasteiger partial charge in [0.05, 0.1) is 15.6 Å². The fourth-order valence-corrected chi connectivity index (χ4v) is 4.17. The van der Waals surface area contributed by atoms with Crippen LogP contribution in [0.25, 0.3) is 0 Å². The van der Waals surface area contributed by atoms with Crippen LogP contribution in [0, 0.1) is 16.0 Å². The molecule has 1 aromatic carbocycles. The molecule has 1 saturated carbocycles. The summed E-state index contributed by atoms with van der Waals surface area (Å²) in [5.74, 6) is 0.647. The van der Waals surface area contributed by atoms with Crippen LogP contribution >= 0.6 is 11.6 Å². The van der Waals surface area contributed by atoms with Crippen LogP contribution in [0.3, 0.4) is 0 Å². The molecule has 0 atom stereocenters. The average Bonchev–Trinajstić information content (AvgIpc) is 2.70. The highest BCUT2D eigenvalue weighted by Gasteiger charge is 2.25. The van der Waals surface area contributed by atoms with Crippen LogP contribution in [0.1, 0.15) is 31.2 Å². The minimum atomic E-state index is -0.580. The van der Waals surface area contributed by atoms with Gasteiger partial charge in [0.15, 0.2) is 0 Å². The van der Waals surface area contributed by atoms with Crippen molar-refractivity contribution in [2.45, 2.75) is 38.3 Å². The number of nitro groups is 1. The Bertz CT molecular complexity index is 901. The van der Waals surface area contributed by atoms with Gasteiger partial charge in [-0.1, -0.05) is 23.7 Å². The number of benzene rings is 1. The molecule has 30 heavy (non-hydrogen) atoms. The van der Waals surface area contributed by atoms with E-state index in [-0.39, 0.29) is 17.5 Å². The quantitative estimate of drug-likeness (QED) is 0.503. The molecule has 10 heteroatoms. The summed E-state index contributed by atoms with van der Waals surface area (Å²) in [4.78, 5) is 22.9. The lowest BCUT2D eigenvalue weighted by Crippen LogP contribution is -2.35. The van der Waals surface area contributed by atoms with E-state index < -0.39 is 4.92 Å². The Kier molecular flexibility index (Phi) is 6.94. The summed E-state index contributed by atoms with van der Waals surface area (Å²) >= 11 is 6.66. The molecule has 2 aromatic rings. The molecule has 1 aliphatic carbocycles. The molecule has 0 bridgehead atoms. The Labute approximate surface area is 181 Å². The van der Waals surface area contributed by atoms with Gasteiger partial charge in [0, 0.05) is 33.2 Å². The molecule has 9 nitrogen and oxygen atoms in total. The number of aromatic nitrogens is 2. The summed E-state index contributed by atoms with van der Waals surface area (Å²) in [5.41, 5.74) is 13.4. The maximum atomic E-state index is 11.1. The number of anilines is 3. The number of rotatable bonds is 7. The van der Waals surface area contributed by atoms with E-state index in [1.807, 2.05) is 42.1 Å². The van der Waals surface area contributed by atoms with Gasteiger partial charge < -0.3 is 21.3 Å². The molecule has 0 saturated heterocycles. The molecular weight excluding hydrogens is 406 g/mol. The monoisotopic (exact) mass is 433 g/mol. The van der Waals surface area contributed by atoms with Gasteiger partial charge in [-0.05, 0) is 43.2 Å². The van der Waals surface area contributed by atoms with Crippen molar-refractivity contribution in [1.82, 2.24) is 9.97 Å². The van der Waals surface area contributed by atoms with Crippen molar-refractivity contribution in [3.63, 3.8) is 0 Å². The second kappa shape index (κ2) is 9.44. The first kappa shape index (κ1) is 22.0. The first-order valence-electron chi connectivity index (χ1n) is 9.98. The largest absolute Gasteiger partial charge is 0.378 e. The SMILES string of the molecule is CN(C)c1cccc(CN(CC2CCC(N)CC2)c2ncc([N+](=O)[O-])c(N)n2)c1Cl. The Morgan fingerprint density at radius 2 is 1.97 bits per heavy atom. The maximum absolute atomic E-state index is 11.1. The van der Waals surface area contributed by atoms with Crippen molar-refractivity contribution in [2.75, 3.05) is 36.2 Å². The van der Waals surface area contributed by atoms with Crippen molar-refractivity contribution in [2.24, 2.45) is 11.7 Å². The second-order valence-electron chi connectivity index (χ2n) is 8.00. The third-order valence-electron chi connectivity index (χ3n) is 5.54. The van der Waals surface area contributed by atoms with Crippen LogP contribution in [0.2, 0.25) is 5.02 Å². The lowest BCUT2D eigenvalue weighted by atomic mass is 9.86. The molecule has 1 heterocycles. The van der Waals surface area contributed by atoms with E-state index in [1.165, 1.54) is 6.20 Å². The van der Waals surface area contributed by atoms with E-state index in [2.05, 4.69) is 9.97 Å². The van der Waals surface area contributed by atoms with Crippen molar-refractivity contribution < 1.29 is 4.92 Å². The van der Waals surface area contributed by atoms with E-state index in [1.54, 1.807) is 0 Å². The number of nitrogen functional groups attached to an aromatic ring is 1. The van der Waals surface area contributed by atoms with Gasteiger partial charge in [-0.3, -0.25) is 10.1 Å². The zero-order valence-electron chi connectivity index (χ0n) is 17.3. The molecule has 1 fully saturated rings. The number of hydrogen-bond acceptors (Lipinski definition) is 8. The Morgan fingerprint density at radius 3 is 2.57 bits per heavy atom. The summed E-state index contributed by atoms with van der Waals surface area (Å²) in [5, 5.41) is 11.7. The van der Waals surface area contributed by atoms with Gasteiger partial charge in [0.25, 0.3) is 0 Å². The van der Waals surface area contributed by atoms with E-state index in [9.17, 15) is 10.1 Å². The summed E-state index contributed by atoms with van der Waals surface area (Å²) in [6.45, 7) is 1.17. The van der Waals surface area contributed by atoms with Gasteiger partial charge in [0.2, 0.25) is 11.8 Å². The van der Waals surface area contributed by atoms with E-state index in [0.29, 0.717) is 30.0 Å². The number of hydrogen-bond donors (Lipinski definition) is 2. The van der Waals surface area contributed by atoms with Gasteiger partial charge in [0.1, 0.15) is 6.20 Å². The summed E-state index contributed by atoms with van der Waals surface area (Å²) in [7, 11) is 3.88. The van der Waals surface area contributed by atoms with Gasteiger partial charge >= 0.3 is 5.69 Å². The van der Waals surface area contributed by atoms with Gasteiger partial charge in [-0.25, -0.2) is 4.98 Å². The molecule has 0 radical (unpaired) electrons. The molecule has 3 rings (SSSR count). The third-order valence-corrected chi connectivity index (χ3v) is 5.97. The van der Waals surface area contributed by atoms with E-state index in [0.717, 1.165) is 36.9 Å². The Hall–Kier alpha value is -2.65. The fourth-order valence-electron chi connectivity index (χ4n) is 3.81. The molecule has 0 amide bonds. The summed E-state index contributed by atoms with van der Waals surface area (Å²) < 4.78 is 0. The molecule has 4 N–H and O–H groups in total. The second-order valence-corrected chi connectivity index (χ2v) is 8.38. The number of nitrogens with two attached hydrogens (primary N) is 2. The minimum Gasteiger partial charge on any atom is -0.378 e. The predicted molar refractivity (Wildman–Crippen MR) is 120 cm³/mol. The molecule has 0 aliphatic heterocycles. The zero-order chi connectivity index (χ0) is 21.8. The summed E-state index contributed by atoms with van der Waals surface area (Å²) in [6, 6.07) is 6.14. The van der Waals surface area contributed by atoms with Crippen molar-refractivity contribution in [1.29, 1.82) is 0 Å².